The number of anilines is 1. The zero-order chi connectivity index (χ0) is 15.1. The second-order valence-electron chi connectivity index (χ2n) is 4.49. The van der Waals surface area contributed by atoms with E-state index in [1.54, 1.807) is 18.3 Å². The maximum atomic E-state index is 11.9. The lowest BCUT2D eigenvalue weighted by Gasteiger charge is -2.04. The van der Waals surface area contributed by atoms with Crippen molar-refractivity contribution in [3.8, 4) is 0 Å². The molecule has 0 unspecified atom stereocenters. The quantitative estimate of drug-likeness (QED) is 0.807. The van der Waals surface area contributed by atoms with E-state index in [1.807, 2.05) is 6.92 Å². The average Bonchev–Trinajstić information content (AvgIpc) is 2.99. The van der Waals surface area contributed by atoms with Crippen molar-refractivity contribution in [2.24, 2.45) is 0 Å². The van der Waals surface area contributed by atoms with Crippen molar-refractivity contribution in [1.29, 1.82) is 0 Å². The Hall–Kier alpha value is -2.44. The summed E-state index contributed by atoms with van der Waals surface area (Å²) in [6.45, 7) is 5.10. The van der Waals surface area contributed by atoms with E-state index in [9.17, 15) is 4.79 Å². The van der Waals surface area contributed by atoms with Crippen LogP contribution < -0.4 is 10.6 Å². The third kappa shape index (κ3) is 4.27. The van der Waals surface area contributed by atoms with Crippen LogP contribution in [0.15, 0.2) is 22.7 Å². The standard InChI is InChI=1S/C14H19N5O2/c1-3-7-15-12-6-5-11(18-19-12)14(20)17-9-13-16-8-10(4-2)21-13/h5-6,8H,3-4,7,9H2,1-2H3,(H,15,19)(H,17,20). The normalized spacial score (nSPS) is 10.4. The van der Waals surface area contributed by atoms with E-state index in [4.69, 9.17) is 4.42 Å². The van der Waals surface area contributed by atoms with Crippen LogP contribution in [0.25, 0.3) is 0 Å². The van der Waals surface area contributed by atoms with Crippen LogP contribution >= 0.6 is 0 Å². The zero-order valence-electron chi connectivity index (χ0n) is 12.2. The maximum Gasteiger partial charge on any atom is 0.272 e. The van der Waals surface area contributed by atoms with Crippen molar-refractivity contribution >= 4 is 11.7 Å². The molecule has 0 atom stereocenters. The number of nitrogens with one attached hydrogen (secondary N) is 2. The minimum atomic E-state index is -0.305. The molecule has 0 aromatic carbocycles. The van der Waals surface area contributed by atoms with E-state index >= 15 is 0 Å². The first-order valence-corrected chi connectivity index (χ1v) is 7.02. The molecule has 7 heteroatoms. The molecule has 0 radical (unpaired) electrons. The van der Waals surface area contributed by atoms with Gasteiger partial charge in [-0.3, -0.25) is 4.79 Å². The fourth-order valence-corrected chi connectivity index (χ4v) is 1.64. The Labute approximate surface area is 123 Å². The molecule has 0 spiro atoms. The van der Waals surface area contributed by atoms with Crippen molar-refractivity contribution in [2.45, 2.75) is 33.2 Å². The Morgan fingerprint density at radius 1 is 1.29 bits per heavy atom. The lowest BCUT2D eigenvalue weighted by molar-refractivity contribution is 0.0941. The number of aromatic nitrogens is 3. The number of amides is 1. The number of carbonyl (C=O) groups excluding carboxylic acids is 1. The predicted molar refractivity (Wildman–Crippen MR) is 77.9 cm³/mol. The summed E-state index contributed by atoms with van der Waals surface area (Å²) in [5.41, 5.74) is 0.263. The van der Waals surface area contributed by atoms with Gasteiger partial charge in [-0.25, -0.2) is 4.98 Å². The van der Waals surface area contributed by atoms with E-state index in [0.29, 0.717) is 11.7 Å². The Kier molecular flexibility index (Phi) is 5.25. The summed E-state index contributed by atoms with van der Waals surface area (Å²) >= 11 is 0. The molecule has 1 amide bonds. The van der Waals surface area contributed by atoms with Crippen molar-refractivity contribution in [3.63, 3.8) is 0 Å². The van der Waals surface area contributed by atoms with Gasteiger partial charge < -0.3 is 15.1 Å². The average molecular weight is 289 g/mol. The maximum absolute atomic E-state index is 11.9. The fourth-order valence-electron chi connectivity index (χ4n) is 1.64. The van der Waals surface area contributed by atoms with Gasteiger partial charge >= 0.3 is 0 Å². The molecule has 2 rings (SSSR count). The van der Waals surface area contributed by atoms with E-state index < -0.39 is 0 Å². The summed E-state index contributed by atoms with van der Waals surface area (Å²) in [6.07, 6.45) is 3.44. The van der Waals surface area contributed by atoms with E-state index in [2.05, 4.69) is 32.7 Å². The number of aryl methyl sites for hydroxylation is 1. The molecule has 0 aliphatic carbocycles. The van der Waals surface area contributed by atoms with Gasteiger partial charge in [0, 0.05) is 13.0 Å². The van der Waals surface area contributed by atoms with Gasteiger partial charge in [-0.05, 0) is 18.6 Å². The molecule has 2 N–H and O–H groups in total. The monoisotopic (exact) mass is 289 g/mol. The highest BCUT2D eigenvalue weighted by Crippen LogP contribution is 2.05. The van der Waals surface area contributed by atoms with Crippen LogP contribution in [0.5, 0.6) is 0 Å². The lowest BCUT2D eigenvalue weighted by Crippen LogP contribution is -2.24. The molecule has 2 heterocycles. The minimum Gasteiger partial charge on any atom is -0.444 e. The number of nitrogens with zero attached hydrogens (tertiary/aromatic N) is 3. The topological polar surface area (TPSA) is 92.9 Å². The van der Waals surface area contributed by atoms with Gasteiger partial charge in [0.1, 0.15) is 11.6 Å². The van der Waals surface area contributed by atoms with Crippen molar-refractivity contribution in [1.82, 2.24) is 20.5 Å². The van der Waals surface area contributed by atoms with Gasteiger partial charge in [0.2, 0.25) is 5.89 Å². The fraction of sp³-hybridized carbons (Fsp3) is 0.429. The second kappa shape index (κ2) is 7.37. The van der Waals surface area contributed by atoms with Crippen molar-refractivity contribution < 1.29 is 9.21 Å². The van der Waals surface area contributed by atoms with Crippen LogP contribution in [-0.4, -0.2) is 27.6 Å². The highest BCUT2D eigenvalue weighted by molar-refractivity contribution is 5.92. The van der Waals surface area contributed by atoms with Gasteiger partial charge in [-0.15, -0.1) is 10.2 Å². The first-order chi connectivity index (χ1) is 10.2. The molecule has 0 bridgehead atoms. The summed E-state index contributed by atoms with van der Waals surface area (Å²) in [6, 6.07) is 3.37. The van der Waals surface area contributed by atoms with Gasteiger partial charge in [0.25, 0.3) is 5.91 Å². The Balaban J connectivity index is 1.87. The summed E-state index contributed by atoms with van der Waals surface area (Å²) in [5, 5.41) is 13.6. The molecule has 2 aromatic rings. The molecular formula is C14H19N5O2. The summed E-state index contributed by atoms with van der Waals surface area (Å²) in [5.74, 6) is 1.63. The molecule has 21 heavy (non-hydrogen) atoms. The van der Waals surface area contributed by atoms with E-state index in [0.717, 1.165) is 25.1 Å². The van der Waals surface area contributed by atoms with Crippen LogP contribution in [-0.2, 0) is 13.0 Å². The van der Waals surface area contributed by atoms with Crippen LogP contribution in [0.1, 0.15) is 42.4 Å². The Morgan fingerprint density at radius 3 is 2.76 bits per heavy atom. The van der Waals surface area contributed by atoms with Gasteiger partial charge in [-0.1, -0.05) is 13.8 Å². The number of hydrogen-bond donors (Lipinski definition) is 2. The van der Waals surface area contributed by atoms with E-state index in [-0.39, 0.29) is 18.1 Å². The molecule has 0 saturated carbocycles. The molecule has 0 aliphatic rings. The second-order valence-corrected chi connectivity index (χ2v) is 4.49. The number of oxazole rings is 1. The molecule has 0 fully saturated rings. The lowest BCUT2D eigenvalue weighted by atomic mass is 10.3. The smallest absolute Gasteiger partial charge is 0.272 e. The van der Waals surface area contributed by atoms with Gasteiger partial charge in [0.05, 0.1) is 12.7 Å². The number of hydrogen-bond acceptors (Lipinski definition) is 6. The highest BCUT2D eigenvalue weighted by atomic mass is 16.4. The largest absolute Gasteiger partial charge is 0.444 e. The molecule has 7 nitrogen and oxygen atoms in total. The van der Waals surface area contributed by atoms with Crippen LogP contribution in [0, 0.1) is 0 Å². The first-order valence-electron chi connectivity index (χ1n) is 7.02. The summed E-state index contributed by atoms with van der Waals surface area (Å²) in [4.78, 5) is 16.0. The number of carbonyl (C=O) groups is 1. The SMILES string of the molecule is CCCNc1ccc(C(=O)NCc2ncc(CC)o2)nn1. The molecule has 112 valence electrons. The Morgan fingerprint density at radius 2 is 2.14 bits per heavy atom. The molecule has 0 saturated heterocycles. The minimum absolute atomic E-state index is 0.232. The van der Waals surface area contributed by atoms with Crippen LogP contribution in [0.2, 0.25) is 0 Å². The van der Waals surface area contributed by atoms with Crippen LogP contribution in [0.3, 0.4) is 0 Å². The van der Waals surface area contributed by atoms with E-state index in [1.165, 1.54) is 0 Å². The summed E-state index contributed by atoms with van der Waals surface area (Å²) < 4.78 is 5.41. The number of rotatable bonds is 7. The van der Waals surface area contributed by atoms with Crippen LogP contribution in [0.4, 0.5) is 5.82 Å². The molecule has 2 aromatic heterocycles. The third-order valence-electron chi connectivity index (χ3n) is 2.80. The van der Waals surface area contributed by atoms with Crippen molar-refractivity contribution in [2.75, 3.05) is 11.9 Å². The zero-order valence-corrected chi connectivity index (χ0v) is 12.2. The van der Waals surface area contributed by atoms with Crippen molar-refractivity contribution in [3.05, 3.63) is 35.7 Å². The highest BCUT2D eigenvalue weighted by Gasteiger charge is 2.10. The predicted octanol–water partition coefficient (Wildman–Crippen LogP) is 1.78. The third-order valence-corrected chi connectivity index (χ3v) is 2.80. The summed E-state index contributed by atoms with van der Waals surface area (Å²) in [7, 11) is 0. The Bertz CT molecular complexity index is 579. The first kappa shape index (κ1) is 15.0. The van der Waals surface area contributed by atoms with Gasteiger partial charge in [0.15, 0.2) is 5.69 Å². The molecular weight excluding hydrogens is 270 g/mol. The molecule has 0 aliphatic heterocycles. The van der Waals surface area contributed by atoms with Gasteiger partial charge in [-0.2, -0.15) is 0 Å².